The summed E-state index contributed by atoms with van der Waals surface area (Å²) in [5.41, 5.74) is 4.21. The molecular weight excluding hydrogens is 468 g/mol. The van der Waals surface area contributed by atoms with Gasteiger partial charge in [0.15, 0.2) is 10.0 Å². The topological polar surface area (TPSA) is 25.8 Å². The van der Waals surface area contributed by atoms with Crippen LogP contribution in [-0.2, 0) is 0 Å². The van der Waals surface area contributed by atoms with Gasteiger partial charge >= 0.3 is 0 Å². The molecule has 0 unspecified atom stereocenters. The minimum Gasteiger partial charge on any atom is -0.233 e. The zero-order valence-corrected chi connectivity index (χ0v) is 17.0. The summed E-state index contributed by atoms with van der Waals surface area (Å²) in [6.45, 7) is 0. The monoisotopic (exact) mass is 476 g/mol. The number of halogens is 2. The van der Waals surface area contributed by atoms with E-state index in [2.05, 4.69) is 66.9 Å². The molecule has 0 atom stereocenters. The van der Waals surface area contributed by atoms with Gasteiger partial charge in [0.05, 0.1) is 11.4 Å². The molecule has 2 aromatic heterocycles. The standard InChI is InChI=1S/C18H10Br2N2S2/c19-13-5-1-11(2-6-13)15-9-23-17(21-15)18-22-16(10-24-18)12-3-7-14(20)8-4-12/h1-10H. The van der Waals surface area contributed by atoms with Gasteiger partial charge in [-0.2, -0.15) is 0 Å². The number of benzene rings is 2. The van der Waals surface area contributed by atoms with Crippen molar-refractivity contribution >= 4 is 54.5 Å². The summed E-state index contributed by atoms with van der Waals surface area (Å²) in [6.07, 6.45) is 0. The van der Waals surface area contributed by atoms with Crippen LogP contribution in [0.5, 0.6) is 0 Å². The Balaban J connectivity index is 1.63. The molecule has 2 nitrogen and oxygen atoms in total. The van der Waals surface area contributed by atoms with Crippen molar-refractivity contribution in [2.24, 2.45) is 0 Å². The van der Waals surface area contributed by atoms with Crippen LogP contribution in [0.15, 0.2) is 68.2 Å². The minimum absolute atomic E-state index is 0.960. The molecule has 118 valence electrons. The van der Waals surface area contributed by atoms with Crippen LogP contribution >= 0.6 is 54.5 Å². The molecule has 24 heavy (non-hydrogen) atoms. The van der Waals surface area contributed by atoms with Crippen molar-refractivity contribution in [1.29, 1.82) is 0 Å². The van der Waals surface area contributed by atoms with Crippen LogP contribution in [0.4, 0.5) is 0 Å². The van der Waals surface area contributed by atoms with E-state index in [-0.39, 0.29) is 0 Å². The number of rotatable bonds is 3. The van der Waals surface area contributed by atoms with Crippen LogP contribution in [0.25, 0.3) is 32.5 Å². The fraction of sp³-hybridized carbons (Fsp3) is 0. The fourth-order valence-corrected chi connectivity index (χ4v) is 4.49. The number of thiazole rings is 2. The van der Waals surface area contributed by atoms with Gasteiger partial charge in [-0.1, -0.05) is 56.1 Å². The Morgan fingerprint density at radius 2 is 0.958 bits per heavy atom. The van der Waals surface area contributed by atoms with Gasteiger partial charge in [0.25, 0.3) is 0 Å². The van der Waals surface area contributed by atoms with E-state index in [9.17, 15) is 0 Å². The van der Waals surface area contributed by atoms with E-state index < -0.39 is 0 Å². The van der Waals surface area contributed by atoms with Crippen molar-refractivity contribution in [2.45, 2.75) is 0 Å². The molecule has 0 aliphatic carbocycles. The van der Waals surface area contributed by atoms with Crippen molar-refractivity contribution in [2.75, 3.05) is 0 Å². The van der Waals surface area contributed by atoms with E-state index in [4.69, 9.17) is 9.97 Å². The highest BCUT2D eigenvalue weighted by atomic mass is 79.9. The van der Waals surface area contributed by atoms with Crippen molar-refractivity contribution in [3.63, 3.8) is 0 Å². The average molecular weight is 478 g/mol. The van der Waals surface area contributed by atoms with Crippen LogP contribution in [0.1, 0.15) is 0 Å². The molecule has 0 saturated heterocycles. The maximum absolute atomic E-state index is 4.75. The maximum atomic E-state index is 4.75. The highest BCUT2D eigenvalue weighted by molar-refractivity contribution is 9.10. The molecule has 4 aromatic rings. The van der Waals surface area contributed by atoms with Gasteiger partial charge in [0.2, 0.25) is 0 Å². The van der Waals surface area contributed by atoms with Crippen LogP contribution in [0.2, 0.25) is 0 Å². The highest BCUT2D eigenvalue weighted by Gasteiger charge is 2.11. The van der Waals surface area contributed by atoms with Crippen molar-refractivity contribution in [3.05, 3.63) is 68.2 Å². The first-order valence-corrected chi connectivity index (χ1v) is 10.5. The van der Waals surface area contributed by atoms with E-state index in [1.807, 2.05) is 24.3 Å². The Bertz CT molecular complexity index is 891. The largest absolute Gasteiger partial charge is 0.233 e. The zero-order valence-electron chi connectivity index (χ0n) is 12.2. The smallest absolute Gasteiger partial charge is 0.152 e. The Morgan fingerprint density at radius 1 is 0.583 bits per heavy atom. The summed E-state index contributed by atoms with van der Waals surface area (Å²) in [6, 6.07) is 16.4. The number of aromatic nitrogens is 2. The second kappa shape index (κ2) is 6.88. The molecule has 6 heteroatoms. The first kappa shape index (κ1) is 16.1. The Morgan fingerprint density at radius 3 is 1.33 bits per heavy atom. The van der Waals surface area contributed by atoms with E-state index >= 15 is 0 Å². The predicted octanol–water partition coefficient (Wildman–Crippen LogP) is 7.13. The summed E-state index contributed by atoms with van der Waals surface area (Å²) in [5.74, 6) is 0. The molecule has 4 rings (SSSR count). The number of hydrogen-bond donors (Lipinski definition) is 0. The van der Waals surface area contributed by atoms with Crippen molar-refractivity contribution < 1.29 is 0 Å². The Hall–Kier alpha value is -1.34. The lowest BCUT2D eigenvalue weighted by Crippen LogP contribution is -1.80. The molecule has 2 heterocycles. The summed E-state index contributed by atoms with van der Waals surface area (Å²) in [7, 11) is 0. The Labute approximate surface area is 164 Å². The maximum Gasteiger partial charge on any atom is 0.152 e. The summed E-state index contributed by atoms with van der Waals surface area (Å²) in [5, 5.41) is 6.08. The second-order valence-corrected chi connectivity index (χ2v) is 8.64. The lowest BCUT2D eigenvalue weighted by molar-refractivity contribution is 1.35. The number of nitrogens with zero attached hydrogens (tertiary/aromatic N) is 2. The SMILES string of the molecule is Brc1ccc(-c2csc(-c3nc(-c4ccc(Br)cc4)cs3)n2)cc1. The van der Waals surface area contributed by atoms with Crippen molar-refractivity contribution in [1.82, 2.24) is 9.97 Å². The third-order valence-corrected chi connectivity index (χ3v) is 6.36. The van der Waals surface area contributed by atoms with Crippen LogP contribution in [0.3, 0.4) is 0 Å². The number of hydrogen-bond acceptors (Lipinski definition) is 4. The summed E-state index contributed by atoms with van der Waals surface area (Å²) in [4.78, 5) is 9.49. The van der Waals surface area contributed by atoms with E-state index in [1.165, 1.54) is 0 Å². The third kappa shape index (κ3) is 3.37. The van der Waals surface area contributed by atoms with Gasteiger partial charge in [-0.25, -0.2) is 9.97 Å². The third-order valence-electron chi connectivity index (χ3n) is 3.47. The molecule has 0 aliphatic heterocycles. The van der Waals surface area contributed by atoms with Crippen molar-refractivity contribution in [3.8, 4) is 32.5 Å². The summed E-state index contributed by atoms with van der Waals surface area (Å²) < 4.78 is 2.14. The first-order valence-electron chi connectivity index (χ1n) is 7.12. The molecule has 0 amide bonds. The molecule has 0 spiro atoms. The molecular formula is C18H10Br2N2S2. The van der Waals surface area contributed by atoms with Crippen LogP contribution in [0, 0.1) is 0 Å². The lowest BCUT2D eigenvalue weighted by atomic mass is 10.2. The highest BCUT2D eigenvalue weighted by Crippen LogP contribution is 2.33. The van der Waals surface area contributed by atoms with E-state index in [1.54, 1.807) is 22.7 Å². The quantitative estimate of drug-likeness (QED) is 0.313. The molecule has 0 saturated carbocycles. The van der Waals surface area contributed by atoms with Crippen LogP contribution < -0.4 is 0 Å². The molecule has 0 bridgehead atoms. The molecule has 0 fully saturated rings. The predicted molar refractivity (Wildman–Crippen MR) is 109 cm³/mol. The molecule has 2 aromatic carbocycles. The molecule has 0 N–H and O–H groups in total. The van der Waals surface area contributed by atoms with Gasteiger partial charge in [-0.05, 0) is 24.3 Å². The summed E-state index contributed by atoms with van der Waals surface area (Å²) >= 11 is 10.2. The lowest BCUT2D eigenvalue weighted by Gasteiger charge is -1.96. The molecule has 0 radical (unpaired) electrons. The first-order chi connectivity index (χ1) is 11.7. The van der Waals surface area contributed by atoms with Gasteiger partial charge in [-0.15, -0.1) is 22.7 Å². The van der Waals surface area contributed by atoms with E-state index in [0.29, 0.717) is 0 Å². The minimum atomic E-state index is 0.960. The molecule has 0 aliphatic rings. The van der Waals surface area contributed by atoms with Gasteiger partial charge in [0.1, 0.15) is 0 Å². The van der Waals surface area contributed by atoms with E-state index in [0.717, 1.165) is 41.5 Å². The second-order valence-electron chi connectivity index (χ2n) is 5.09. The normalized spacial score (nSPS) is 10.9. The van der Waals surface area contributed by atoms with Crippen LogP contribution in [-0.4, -0.2) is 9.97 Å². The van der Waals surface area contributed by atoms with Gasteiger partial charge in [0, 0.05) is 30.8 Å². The Kier molecular flexibility index (Phi) is 4.63. The van der Waals surface area contributed by atoms with Gasteiger partial charge in [-0.3, -0.25) is 0 Å². The van der Waals surface area contributed by atoms with Gasteiger partial charge < -0.3 is 0 Å². The zero-order chi connectivity index (χ0) is 16.5. The average Bonchev–Trinajstić information content (AvgIpc) is 3.25. The fourth-order valence-electron chi connectivity index (χ4n) is 2.25.